The van der Waals surface area contributed by atoms with E-state index in [4.69, 9.17) is 61.6 Å². The number of nitrogens with one attached hydrogen (secondary N) is 11. The third-order valence-corrected chi connectivity index (χ3v) is 21.1. The van der Waals surface area contributed by atoms with Gasteiger partial charge in [-0.15, -0.1) is 0 Å². The van der Waals surface area contributed by atoms with Gasteiger partial charge in [0.2, 0.25) is 70.9 Å². The molecule has 42 heteroatoms. The van der Waals surface area contributed by atoms with Gasteiger partial charge in [-0.2, -0.15) is 0 Å². The number of alkyl carbamates (subject to hydrolysis) is 1. The first-order valence-electron chi connectivity index (χ1n) is 45.7. The van der Waals surface area contributed by atoms with Gasteiger partial charge in [0, 0.05) is 93.2 Å². The fourth-order valence-corrected chi connectivity index (χ4v) is 13.8. The second-order valence-electron chi connectivity index (χ2n) is 34.2. The molecule has 0 saturated carbocycles. The maximum absolute atomic E-state index is 14.6. The molecule has 0 spiro atoms. The Morgan fingerprint density at radius 1 is 0.492 bits per heavy atom. The average Bonchev–Trinajstić information content (AvgIpc) is 1.46. The molecule has 0 bridgehead atoms. The van der Waals surface area contributed by atoms with Crippen molar-refractivity contribution in [1.29, 1.82) is 0 Å². The van der Waals surface area contributed by atoms with Gasteiger partial charge >= 0.3 is 12.1 Å². The zero-order valence-electron chi connectivity index (χ0n) is 81.0. The van der Waals surface area contributed by atoms with E-state index in [0.717, 1.165) is 5.56 Å². The highest BCUT2D eigenvalue weighted by atomic mass is 16.6. The number of likely N-dealkylation sites (tertiary alicyclic amines) is 1. The summed E-state index contributed by atoms with van der Waals surface area (Å²) < 4.78 is 71.6. The summed E-state index contributed by atoms with van der Waals surface area (Å²) in [4.78, 5) is 204. The van der Waals surface area contributed by atoms with Crippen molar-refractivity contribution in [2.45, 2.75) is 189 Å². The summed E-state index contributed by atoms with van der Waals surface area (Å²) in [5, 5.41) is 28.1. The summed E-state index contributed by atoms with van der Waals surface area (Å²) in [5.41, 5.74) is 0.695. The molecule has 1 saturated heterocycles. The van der Waals surface area contributed by atoms with Gasteiger partial charge in [0.1, 0.15) is 24.7 Å². The molecule has 1 aromatic carbocycles. The van der Waals surface area contributed by atoms with E-state index in [9.17, 15) is 71.9 Å². The number of nitrogens with zero attached hydrogens (tertiary/aromatic N) is 3. The van der Waals surface area contributed by atoms with Gasteiger partial charge in [0.05, 0.1) is 194 Å². The zero-order chi connectivity index (χ0) is 98.4. The van der Waals surface area contributed by atoms with Crippen molar-refractivity contribution in [2.24, 2.45) is 35.0 Å². The highest BCUT2D eigenvalue weighted by Gasteiger charge is 2.44. The number of likely N-dealkylation sites (N-methyl/N-ethyl adjacent to an activating group) is 2. The Balaban J connectivity index is 1.97. The van der Waals surface area contributed by atoms with Crippen LogP contribution in [0.2, 0.25) is 0 Å². The van der Waals surface area contributed by atoms with Gasteiger partial charge in [-0.25, -0.2) is 9.59 Å². The maximum Gasteiger partial charge on any atom is 0.407 e. The lowest BCUT2D eigenvalue weighted by Crippen LogP contribution is -2.59. The lowest BCUT2D eigenvalue weighted by atomic mass is 9.89. The van der Waals surface area contributed by atoms with E-state index in [2.05, 4.69) is 58.5 Å². The van der Waals surface area contributed by atoms with Gasteiger partial charge in [0.15, 0.2) is 5.78 Å². The largest absolute Gasteiger partial charge is 0.464 e. The summed E-state index contributed by atoms with van der Waals surface area (Å²) in [6, 6.07) is 4.38. The molecule has 1 aliphatic heterocycles. The SMILES string of the molecule is CC[C@H](C)[C@@H]([C@@H](CC(=O)N1CCC[C@H]1[C@H](OC)[C@@H](C)C(=O)N[C@@H](Cc1ccccc1)C(=O)NCCCOC(=O)[C@H](C)NC(=O)CCNC(=O)OC[C@H](CC(=O)CNC(=O)CNC(=O)CNC(=O)CNC(=O)CCNC(=O)CCOCC(C)(C)C)C(=O)NCCOCCOCCOCCOCCOCCOCCOCCOC)OC)N(C)C(=O)C(NC(=O)[C@H](C(C)C)N(C)C)C(C)C. The van der Waals surface area contributed by atoms with Gasteiger partial charge in [-0.05, 0) is 69.0 Å². The summed E-state index contributed by atoms with van der Waals surface area (Å²) in [6.07, 6.45) is -1.60. The molecule has 0 aromatic heterocycles. The van der Waals surface area contributed by atoms with Crippen molar-refractivity contribution >= 4 is 88.7 Å². The van der Waals surface area contributed by atoms with Crippen molar-refractivity contribution < 1.29 is 133 Å². The van der Waals surface area contributed by atoms with Crippen molar-refractivity contribution in [3.63, 3.8) is 0 Å². The minimum Gasteiger partial charge on any atom is -0.464 e. The van der Waals surface area contributed by atoms with E-state index >= 15 is 0 Å². The molecule has 13 amide bonds. The van der Waals surface area contributed by atoms with E-state index in [-0.39, 0.29) is 151 Å². The number of benzene rings is 1. The average molecular weight is 1880 g/mol. The van der Waals surface area contributed by atoms with Gasteiger partial charge in [-0.3, -0.25) is 67.2 Å². The molecule has 1 aliphatic rings. The molecule has 0 aliphatic carbocycles. The van der Waals surface area contributed by atoms with Crippen LogP contribution in [0.5, 0.6) is 0 Å². The third-order valence-electron chi connectivity index (χ3n) is 21.1. The first-order chi connectivity index (χ1) is 62.9. The molecule has 132 heavy (non-hydrogen) atoms. The Labute approximate surface area is 778 Å². The van der Waals surface area contributed by atoms with Crippen LogP contribution in [0.3, 0.4) is 0 Å². The maximum atomic E-state index is 14.6. The molecule has 11 atom stereocenters. The van der Waals surface area contributed by atoms with Gasteiger partial charge in [-0.1, -0.05) is 106 Å². The number of hydrogen-bond acceptors (Lipinski definition) is 29. The Hall–Kier alpha value is -9.21. The van der Waals surface area contributed by atoms with E-state index in [1.54, 1.807) is 43.0 Å². The third kappa shape index (κ3) is 52.4. The molecule has 1 unspecified atom stereocenters. The summed E-state index contributed by atoms with van der Waals surface area (Å²) in [5.74, 6) is -10.5. The standard InChI is InChI=1S/C90H156N14O28/c1-18-63(6)81(103(14)87(117)79(61(2)3)101-86(116)80(62(4)5)102(12)13)71(121-16)54-78(112)104-34-22-26-70(104)82(122-17)64(7)83(113)100-69(52-66-24-20-19-21-25-66)85(115)92-30-23-35-131-88(118)65(8)99-74(108)28-32-94-89(119)132-59-67(84(114)93-33-37-123-40-41-125-44-45-127-48-49-129-51-50-128-47-46-126-43-42-124-39-38-120-15)53-68(105)55-95-75(109)57-97-77(111)58-98-76(110)56-96-72(106)27-31-91-73(107)29-36-130-60-90(9,10)11/h19-21,24-25,61-65,67,69-71,79-82H,18,22-23,26-60H2,1-17H3,(H,91,107)(H,92,115)(H,93,114)(H,94,119)(H,95,109)(H,96,106)(H,97,111)(H,98,110)(H,99,108)(H,100,113)(H,101,116)/t63-,64+,65-,67-,69-,70-,71+,79?,80-,81-,82+/m0/s1. The zero-order valence-corrected chi connectivity index (χ0v) is 81.0. The van der Waals surface area contributed by atoms with Crippen LogP contribution in [-0.4, -0.2) is 379 Å². The van der Waals surface area contributed by atoms with Crippen LogP contribution in [-0.2, 0) is 135 Å². The number of carbonyl (C=O) groups excluding carboxylic acids is 15. The number of hydrogen-bond donors (Lipinski definition) is 11. The number of rotatable bonds is 74. The second kappa shape index (κ2) is 69.6. The molecule has 0 radical (unpaired) electrons. The second-order valence-corrected chi connectivity index (χ2v) is 34.2. The molecule has 1 aromatic rings. The van der Waals surface area contributed by atoms with Crippen molar-refractivity contribution in [1.82, 2.24) is 73.2 Å². The van der Waals surface area contributed by atoms with Gasteiger partial charge in [0.25, 0.3) is 0 Å². The first kappa shape index (κ1) is 119. The predicted molar refractivity (Wildman–Crippen MR) is 486 cm³/mol. The molecular formula is C90H156N14O28. The highest BCUT2D eigenvalue weighted by Crippen LogP contribution is 2.30. The van der Waals surface area contributed by atoms with Crippen LogP contribution in [0.25, 0.3) is 0 Å². The molecule has 1 fully saturated rings. The number of Topliss-reactive ketones (excluding diaryl/α,β-unsaturated/α-hetero) is 1. The molecule has 42 nitrogen and oxygen atoms in total. The smallest absolute Gasteiger partial charge is 0.407 e. The fraction of sp³-hybridized carbons (Fsp3) is 0.767. The molecule has 2 rings (SSSR count). The minimum absolute atomic E-state index is 0.0115. The van der Waals surface area contributed by atoms with Crippen LogP contribution in [0.1, 0.15) is 140 Å². The van der Waals surface area contributed by atoms with Crippen LogP contribution < -0.4 is 58.5 Å². The summed E-state index contributed by atoms with van der Waals surface area (Å²) in [6.45, 7) is 23.6. The molecule has 11 N–H and O–H groups in total. The summed E-state index contributed by atoms with van der Waals surface area (Å²) in [7, 11) is 9.91. The van der Waals surface area contributed by atoms with Crippen LogP contribution >= 0.6 is 0 Å². The number of carbonyl (C=O) groups is 15. The molecular weight excluding hydrogens is 1730 g/mol. The molecule has 754 valence electrons. The minimum atomic E-state index is -1.30. The van der Waals surface area contributed by atoms with Crippen molar-refractivity contribution in [3.8, 4) is 0 Å². The predicted octanol–water partition coefficient (Wildman–Crippen LogP) is -0.0902. The lowest BCUT2D eigenvalue weighted by molar-refractivity contribution is -0.148. The quantitative estimate of drug-likeness (QED) is 0.0300. The van der Waals surface area contributed by atoms with Crippen LogP contribution in [0, 0.1) is 35.0 Å². The lowest BCUT2D eigenvalue weighted by Gasteiger charge is -2.41. The van der Waals surface area contributed by atoms with E-state index in [0.29, 0.717) is 105 Å². The topological polar surface area (TPSA) is 518 Å². The Morgan fingerprint density at radius 3 is 1.54 bits per heavy atom. The van der Waals surface area contributed by atoms with E-state index in [1.165, 1.54) is 21.1 Å². The number of amides is 13. The Kier molecular flexibility index (Phi) is 62.7. The van der Waals surface area contributed by atoms with Crippen molar-refractivity contribution in [3.05, 3.63) is 35.9 Å². The number of ketones is 1. The summed E-state index contributed by atoms with van der Waals surface area (Å²) >= 11 is 0. The van der Waals surface area contributed by atoms with Gasteiger partial charge < -0.3 is 130 Å². The number of methoxy groups -OCH3 is 3. The Bertz CT molecular complexity index is 3560. The molecule has 1 heterocycles. The first-order valence-corrected chi connectivity index (χ1v) is 45.7. The monoisotopic (exact) mass is 1880 g/mol. The van der Waals surface area contributed by atoms with Crippen LogP contribution in [0.15, 0.2) is 30.3 Å². The van der Waals surface area contributed by atoms with E-state index in [1.807, 2.05) is 99.5 Å². The Morgan fingerprint density at radius 2 is 1.02 bits per heavy atom. The fourth-order valence-electron chi connectivity index (χ4n) is 13.8. The van der Waals surface area contributed by atoms with E-state index < -0.39 is 165 Å². The van der Waals surface area contributed by atoms with Crippen molar-refractivity contribution in [2.75, 3.05) is 227 Å². The van der Waals surface area contributed by atoms with Crippen LogP contribution in [0.4, 0.5) is 4.79 Å². The normalized spacial score (nSPS) is 14.9. The highest BCUT2D eigenvalue weighted by molar-refractivity contribution is 5.94. The number of ether oxygens (including phenoxy) is 13. The number of esters is 1.